The highest BCUT2D eigenvalue weighted by Crippen LogP contribution is 2.02. The van der Waals surface area contributed by atoms with Gasteiger partial charge < -0.3 is 15.3 Å². The Morgan fingerprint density at radius 3 is 2.36 bits per heavy atom. The van der Waals surface area contributed by atoms with E-state index in [4.69, 9.17) is 5.11 Å². The summed E-state index contributed by atoms with van der Waals surface area (Å²) >= 11 is 0. The number of carbonyl (C=O) groups is 1. The maximum atomic E-state index is 10.3. The summed E-state index contributed by atoms with van der Waals surface area (Å²) < 4.78 is 0. The smallest absolute Gasteiger partial charge is 0.304 e. The van der Waals surface area contributed by atoms with Crippen LogP contribution in [0.15, 0.2) is 0 Å². The fourth-order valence-corrected chi connectivity index (χ4v) is 1.27. The van der Waals surface area contributed by atoms with Gasteiger partial charge >= 0.3 is 5.97 Å². The highest BCUT2D eigenvalue weighted by molar-refractivity contribution is 5.66. The molecular weight excluding hydrogens is 180 g/mol. The Morgan fingerprint density at radius 1 is 1.43 bits per heavy atom. The summed E-state index contributed by atoms with van der Waals surface area (Å²) in [5.74, 6) is -0.226. The van der Waals surface area contributed by atoms with Crippen molar-refractivity contribution in [3.05, 3.63) is 0 Å². The third kappa shape index (κ3) is 6.86. The van der Waals surface area contributed by atoms with Gasteiger partial charge in [-0.15, -0.1) is 0 Å². The third-order valence-corrected chi connectivity index (χ3v) is 2.11. The molecule has 2 N–H and O–H groups in total. The molecule has 0 rings (SSSR count). The number of rotatable bonds is 7. The van der Waals surface area contributed by atoms with Crippen molar-refractivity contribution < 1.29 is 9.90 Å². The molecule has 0 bridgehead atoms. The molecular formula is C10H22N2O2. The van der Waals surface area contributed by atoms with Crippen LogP contribution in [0.2, 0.25) is 0 Å². The van der Waals surface area contributed by atoms with Crippen LogP contribution in [0, 0.1) is 5.92 Å². The van der Waals surface area contributed by atoms with E-state index in [2.05, 4.69) is 24.1 Å². The largest absolute Gasteiger partial charge is 0.481 e. The molecule has 1 unspecified atom stereocenters. The van der Waals surface area contributed by atoms with Crippen LogP contribution in [-0.2, 0) is 4.79 Å². The lowest BCUT2D eigenvalue weighted by Gasteiger charge is -2.25. The number of aliphatic carboxylic acids is 1. The molecule has 0 saturated heterocycles. The average molecular weight is 202 g/mol. The minimum Gasteiger partial charge on any atom is -0.481 e. The van der Waals surface area contributed by atoms with Gasteiger partial charge in [-0.2, -0.15) is 0 Å². The fraction of sp³-hybridized carbons (Fsp3) is 0.900. The van der Waals surface area contributed by atoms with Crippen molar-refractivity contribution in [2.24, 2.45) is 5.92 Å². The molecule has 84 valence electrons. The molecule has 0 aliphatic carbocycles. The van der Waals surface area contributed by atoms with Gasteiger partial charge in [-0.05, 0) is 20.0 Å². The maximum Gasteiger partial charge on any atom is 0.304 e. The average Bonchev–Trinajstić information content (AvgIpc) is 2.00. The van der Waals surface area contributed by atoms with E-state index in [-0.39, 0.29) is 6.42 Å². The topological polar surface area (TPSA) is 52.6 Å². The van der Waals surface area contributed by atoms with Crippen molar-refractivity contribution in [1.82, 2.24) is 10.2 Å². The van der Waals surface area contributed by atoms with E-state index in [1.54, 1.807) is 0 Å². The summed E-state index contributed by atoms with van der Waals surface area (Å²) in [6, 6.07) is 0.365. The third-order valence-electron chi connectivity index (χ3n) is 2.11. The lowest BCUT2D eigenvalue weighted by molar-refractivity contribution is -0.136. The first-order valence-corrected chi connectivity index (χ1v) is 5.03. The van der Waals surface area contributed by atoms with Crippen molar-refractivity contribution in [3.63, 3.8) is 0 Å². The SMILES string of the molecule is CC(C)C(CN(C)C)NCCC(=O)O. The number of nitrogens with one attached hydrogen (secondary N) is 1. The van der Waals surface area contributed by atoms with E-state index >= 15 is 0 Å². The predicted molar refractivity (Wildman–Crippen MR) is 57.4 cm³/mol. The molecule has 4 nitrogen and oxygen atoms in total. The van der Waals surface area contributed by atoms with Gasteiger partial charge in [-0.1, -0.05) is 13.8 Å². The monoisotopic (exact) mass is 202 g/mol. The van der Waals surface area contributed by atoms with Crippen LogP contribution in [0.4, 0.5) is 0 Å². The molecule has 0 radical (unpaired) electrons. The van der Waals surface area contributed by atoms with Gasteiger partial charge in [0.05, 0.1) is 6.42 Å². The van der Waals surface area contributed by atoms with Crippen LogP contribution < -0.4 is 5.32 Å². The van der Waals surface area contributed by atoms with Crippen LogP contribution in [-0.4, -0.2) is 49.2 Å². The Bertz CT molecular complexity index is 170. The number of nitrogens with zero attached hydrogens (tertiary/aromatic N) is 1. The molecule has 14 heavy (non-hydrogen) atoms. The van der Waals surface area contributed by atoms with Crippen LogP contribution in [0.1, 0.15) is 20.3 Å². The van der Waals surface area contributed by atoms with Crippen molar-refractivity contribution in [2.75, 3.05) is 27.2 Å². The number of likely N-dealkylation sites (N-methyl/N-ethyl adjacent to an activating group) is 1. The first-order chi connectivity index (χ1) is 6.43. The molecule has 0 amide bonds. The van der Waals surface area contributed by atoms with E-state index < -0.39 is 5.97 Å². The Morgan fingerprint density at radius 2 is 2.00 bits per heavy atom. The molecule has 0 aliphatic rings. The van der Waals surface area contributed by atoms with E-state index in [0.717, 1.165) is 6.54 Å². The summed E-state index contributed by atoms with van der Waals surface area (Å²) in [6.07, 6.45) is 0.191. The molecule has 0 aliphatic heterocycles. The van der Waals surface area contributed by atoms with Gasteiger partial charge in [-0.25, -0.2) is 0 Å². The van der Waals surface area contributed by atoms with Crippen molar-refractivity contribution >= 4 is 5.97 Å². The second kappa shape index (κ2) is 6.79. The van der Waals surface area contributed by atoms with E-state index in [0.29, 0.717) is 18.5 Å². The lowest BCUT2D eigenvalue weighted by Crippen LogP contribution is -2.42. The van der Waals surface area contributed by atoms with Gasteiger partial charge in [0.25, 0.3) is 0 Å². The van der Waals surface area contributed by atoms with Crippen molar-refractivity contribution in [3.8, 4) is 0 Å². The summed E-state index contributed by atoms with van der Waals surface area (Å²) in [4.78, 5) is 12.4. The lowest BCUT2D eigenvalue weighted by atomic mass is 10.0. The molecule has 0 aromatic carbocycles. The van der Waals surface area contributed by atoms with Crippen LogP contribution in [0.3, 0.4) is 0 Å². The highest BCUT2D eigenvalue weighted by Gasteiger charge is 2.13. The first kappa shape index (κ1) is 13.4. The summed E-state index contributed by atoms with van der Waals surface area (Å²) in [7, 11) is 4.04. The summed E-state index contributed by atoms with van der Waals surface area (Å²) in [6.45, 7) is 5.77. The Balaban J connectivity index is 3.79. The predicted octanol–water partition coefficient (Wildman–Crippen LogP) is 0.637. The molecule has 0 aromatic rings. The van der Waals surface area contributed by atoms with Crippen LogP contribution >= 0.6 is 0 Å². The van der Waals surface area contributed by atoms with E-state index in [9.17, 15) is 4.79 Å². The summed E-state index contributed by atoms with van der Waals surface area (Å²) in [5, 5.41) is 11.8. The Hall–Kier alpha value is -0.610. The quantitative estimate of drug-likeness (QED) is 0.636. The zero-order chi connectivity index (χ0) is 11.1. The maximum absolute atomic E-state index is 10.3. The molecule has 0 spiro atoms. The number of hydrogen-bond acceptors (Lipinski definition) is 3. The van der Waals surface area contributed by atoms with Gasteiger partial charge in [0.1, 0.15) is 0 Å². The molecule has 0 heterocycles. The second-order valence-electron chi connectivity index (χ2n) is 4.21. The molecule has 1 atom stereocenters. The van der Waals surface area contributed by atoms with Gasteiger partial charge in [0.2, 0.25) is 0 Å². The van der Waals surface area contributed by atoms with Crippen LogP contribution in [0.25, 0.3) is 0 Å². The Kier molecular flexibility index (Phi) is 6.49. The Labute approximate surface area is 86.3 Å². The first-order valence-electron chi connectivity index (χ1n) is 5.03. The number of hydrogen-bond donors (Lipinski definition) is 2. The minimum atomic E-state index is -0.746. The van der Waals surface area contributed by atoms with E-state index in [1.807, 2.05) is 14.1 Å². The normalized spacial score (nSPS) is 13.6. The molecule has 4 heteroatoms. The minimum absolute atomic E-state index is 0.191. The number of carboxylic acids is 1. The zero-order valence-electron chi connectivity index (χ0n) is 9.58. The van der Waals surface area contributed by atoms with Crippen molar-refractivity contribution in [2.45, 2.75) is 26.3 Å². The zero-order valence-corrected chi connectivity index (χ0v) is 9.58. The van der Waals surface area contributed by atoms with Crippen LogP contribution in [0.5, 0.6) is 0 Å². The number of carboxylic acid groups (broad SMARTS) is 1. The summed E-state index contributed by atoms with van der Waals surface area (Å²) in [5.41, 5.74) is 0. The highest BCUT2D eigenvalue weighted by atomic mass is 16.4. The second-order valence-corrected chi connectivity index (χ2v) is 4.21. The standard InChI is InChI=1S/C10H22N2O2/c1-8(2)9(7-12(3)4)11-6-5-10(13)14/h8-9,11H,5-7H2,1-4H3,(H,13,14). The fourth-order valence-electron chi connectivity index (χ4n) is 1.27. The molecule has 0 fully saturated rings. The van der Waals surface area contributed by atoms with E-state index in [1.165, 1.54) is 0 Å². The van der Waals surface area contributed by atoms with Crippen molar-refractivity contribution in [1.29, 1.82) is 0 Å². The van der Waals surface area contributed by atoms with Gasteiger partial charge in [-0.3, -0.25) is 4.79 Å². The molecule has 0 aromatic heterocycles. The van der Waals surface area contributed by atoms with Gasteiger partial charge in [0.15, 0.2) is 0 Å². The molecule has 0 saturated carbocycles. The van der Waals surface area contributed by atoms with Gasteiger partial charge in [0, 0.05) is 19.1 Å².